The third-order valence-electron chi connectivity index (χ3n) is 7.39. The summed E-state index contributed by atoms with van der Waals surface area (Å²) in [6.45, 7) is 1.48. The molecule has 1 N–H and O–H groups in total. The van der Waals surface area contributed by atoms with Gasteiger partial charge in [0.05, 0.1) is 17.8 Å². The summed E-state index contributed by atoms with van der Waals surface area (Å²) >= 11 is 1.61. The van der Waals surface area contributed by atoms with Gasteiger partial charge in [0.1, 0.15) is 10.8 Å². The number of rotatable bonds is 9. The van der Waals surface area contributed by atoms with E-state index in [4.69, 9.17) is 10.1 Å². The van der Waals surface area contributed by atoms with Crippen molar-refractivity contribution in [3.63, 3.8) is 0 Å². The van der Waals surface area contributed by atoms with Gasteiger partial charge in [0, 0.05) is 43.5 Å². The maximum atomic E-state index is 11.0. The third-order valence-corrected chi connectivity index (χ3v) is 8.22. The first-order valence-corrected chi connectivity index (χ1v) is 14.1. The van der Waals surface area contributed by atoms with Gasteiger partial charge in [0.15, 0.2) is 0 Å². The minimum Gasteiger partial charge on any atom is -0.478 e. The Labute approximate surface area is 228 Å². The first-order valence-electron chi connectivity index (χ1n) is 13.2. The molecule has 6 nitrogen and oxygen atoms in total. The molecule has 0 radical (unpaired) electrons. The Morgan fingerprint density at radius 1 is 0.921 bits per heavy atom. The summed E-state index contributed by atoms with van der Waals surface area (Å²) in [6, 6.07) is 21.1. The molecule has 0 amide bonds. The lowest BCUT2D eigenvalue weighted by molar-refractivity contribution is 0.0696. The van der Waals surface area contributed by atoms with Crippen molar-refractivity contribution in [3.8, 4) is 11.3 Å². The van der Waals surface area contributed by atoms with E-state index in [1.807, 2.05) is 11.9 Å². The monoisotopic (exact) mass is 526 g/mol. The highest BCUT2D eigenvalue weighted by Gasteiger charge is 2.15. The van der Waals surface area contributed by atoms with Gasteiger partial charge >= 0.3 is 5.97 Å². The molecule has 5 rings (SSSR count). The Morgan fingerprint density at radius 3 is 2.32 bits per heavy atom. The van der Waals surface area contributed by atoms with Crippen LogP contribution in [0.4, 0.5) is 11.5 Å². The lowest BCUT2D eigenvalue weighted by Gasteiger charge is -2.23. The van der Waals surface area contributed by atoms with Crippen molar-refractivity contribution in [1.82, 2.24) is 9.97 Å². The normalized spacial score (nSPS) is 13.8. The highest BCUT2D eigenvalue weighted by Crippen LogP contribution is 2.33. The lowest BCUT2D eigenvalue weighted by atomic mass is 9.84. The first-order chi connectivity index (χ1) is 18.5. The first kappa shape index (κ1) is 25.9. The van der Waals surface area contributed by atoms with Gasteiger partial charge in [0.2, 0.25) is 0 Å². The van der Waals surface area contributed by atoms with Gasteiger partial charge in [0.25, 0.3) is 0 Å². The molecule has 1 aliphatic rings. The van der Waals surface area contributed by atoms with Crippen LogP contribution >= 0.6 is 11.3 Å². The molecule has 0 bridgehead atoms. The van der Waals surface area contributed by atoms with Gasteiger partial charge in [-0.3, -0.25) is 0 Å². The fraction of sp³-hybridized carbons (Fsp3) is 0.323. The van der Waals surface area contributed by atoms with Crippen LogP contribution in [0.1, 0.15) is 64.5 Å². The standard InChI is InChI=1S/C31H34N4O2S/c1-34(19-22-8-10-24(11-9-22)23-6-4-3-5-7-23)27-15-12-25(13-16-27)28-21-38-30(33-28)20-35(2)29-17-14-26(18-32-29)31(36)37/h8-18,21,23H,3-7,19-20H2,1-2H3,(H,36,37). The Morgan fingerprint density at radius 2 is 1.66 bits per heavy atom. The van der Waals surface area contributed by atoms with E-state index < -0.39 is 5.97 Å². The van der Waals surface area contributed by atoms with Crippen molar-refractivity contribution in [2.45, 2.75) is 51.1 Å². The van der Waals surface area contributed by atoms with Crippen LogP contribution in [-0.4, -0.2) is 35.1 Å². The molecule has 1 saturated carbocycles. The Bertz CT molecular complexity index is 1340. The van der Waals surface area contributed by atoms with Crippen LogP contribution in [-0.2, 0) is 13.1 Å². The summed E-state index contributed by atoms with van der Waals surface area (Å²) in [5.41, 5.74) is 6.24. The topological polar surface area (TPSA) is 69.6 Å². The quantitative estimate of drug-likeness (QED) is 0.248. The van der Waals surface area contributed by atoms with Gasteiger partial charge < -0.3 is 14.9 Å². The van der Waals surface area contributed by atoms with E-state index in [0.717, 1.165) is 28.7 Å². The summed E-state index contributed by atoms with van der Waals surface area (Å²) in [4.78, 5) is 24.4. The predicted octanol–water partition coefficient (Wildman–Crippen LogP) is 7.22. The van der Waals surface area contributed by atoms with E-state index in [2.05, 4.69) is 70.8 Å². The number of thiazole rings is 1. The van der Waals surface area contributed by atoms with E-state index in [9.17, 15) is 4.79 Å². The number of anilines is 2. The average molecular weight is 527 g/mol. The van der Waals surface area contributed by atoms with E-state index in [-0.39, 0.29) is 5.56 Å². The second-order valence-electron chi connectivity index (χ2n) is 10.2. The largest absolute Gasteiger partial charge is 0.478 e. The molecule has 2 heterocycles. The summed E-state index contributed by atoms with van der Waals surface area (Å²) in [7, 11) is 4.07. The Balaban J connectivity index is 1.18. The molecular weight excluding hydrogens is 492 g/mol. The van der Waals surface area contributed by atoms with Gasteiger partial charge in [-0.15, -0.1) is 11.3 Å². The summed E-state index contributed by atoms with van der Waals surface area (Å²) in [5, 5.41) is 12.1. The number of hydrogen-bond donors (Lipinski definition) is 1. The second-order valence-corrected chi connectivity index (χ2v) is 11.1. The fourth-order valence-electron chi connectivity index (χ4n) is 5.12. The number of hydrogen-bond acceptors (Lipinski definition) is 6. The van der Waals surface area contributed by atoms with Crippen molar-refractivity contribution in [2.75, 3.05) is 23.9 Å². The van der Waals surface area contributed by atoms with Crippen LogP contribution in [0.5, 0.6) is 0 Å². The SMILES string of the molecule is CN(Cc1ccc(C2CCCCC2)cc1)c1ccc(-c2csc(CN(C)c3ccc(C(=O)O)cn3)n2)cc1. The number of aromatic nitrogens is 2. The molecule has 4 aromatic rings. The second kappa shape index (κ2) is 11.8. The van der Waals surface area contributed by atoms with Gasteiger partial charge in [-0.2, -0.15) is 0 Å². The van der Waals surface area contributed by atoms with E-state index in [1.54, 1.807) is 23.5 Å². The highest BCUT2D eigenvalue weighted by molar-refractivity contribution is 7.10. The predicted molar refractivity (Wildman–Crippen MR) is 155 cm³/mol. The van der Waals surface area contributed by atoms with Crippen LogP contribution in [0.3, 0.4) is 0 Å². The van der Waals surface area contributed by atoms with Crippen molar-refractivity contribution in [1.29, 1.82) is 0 Å². The van der Waals surface area contributed by atoms with Gasteiger partial charge in [-0.1, -0.05) is 55.7 Å². The maximum absolute atomic E-state index is 11.0. The third kappa shape index (κ3) is 6.22. The molecule has 7 heteroatoms. The number of pyridine rings is 1. The minimum atomic E-state index is -0.975. The van der Waals surface area contributed by atoms with Crippen LogP contribution in [0.25, 0.3) is 11.3 Å². The molecule has 2 aromatic heterocycles. The minimum absolute atomic E-state index is 0.181. The number of nitrogens with zero attached hydrogens (tertiary/aromatic N) is 4. The highest BCUT2D eigenvalue weighted by atomic mass is 32.1. The number of benzene rings is 2. The van der Waals surface area contributed by atoms with E-state index in [1.165, 1.54) is 55.1 Å². The zero-order chi connectivity index (χ0) is 26.5. The van der Waals surface area contributed by atoms with Crippen LogP contribution in [0, 0.1) is 0 Å². The molecular formula is C31H34N4O2S. The summed E-state index contributed by atoms with van der Waals surface area (Å²) in [6.07, 6.45) is 8.18. The maximum Gasteiger partial charge on any atom is 0.337 e. The molecule has 0 spiro atoms. The van der Waals surface area contributed by atoms with Crippen molar-refractivity contribution < 1.29 is 9.90 Å². The smallest absolute Gasteiger partial charge is 0.337 e. The summed E-state index contributed by atoms with van der Waals surface area (Å²) < 4.78 is 0. The molecule has 0 saturated heterocycles. The Hall–Kier alpha value is -3.71. The zero-order valence-corrected chi connectivity index (χ0v) is 22.8. The number of carbonyl (C=O) groups is 1. The zero-order valence-electron chi connectivity index (χ0n) is 22.0. The van der Waals surface area contributed by atoms with Crippen LogP contribution < -0.4 is 9.80 Å². The van der Waals surface area contributed by atoms with Crippen molar-refractivity contribution in [2.24, 2.45) is 0 Å². The van der Waals surface area contributed by atoms with E-state index >= 15 is 0 Å². The molecule has 0 unspecified atom stereocenters. The number of carboxylic acid groups (broad SMARTS) is 1. The molecule has 0 atom stereocenters. The van der Waals surface area contributed by atoms with Crippen molar-refractivity contribution in [3.05, 3.63) is 93.9 Å². The number of carboxylic acids is 1. The van der Waals surface area contributed by atoms with Crippen LogP contribution in [0.2, 0.25) is 0 Å². The van der Waals surface area contributed by atoms with Gasteiger partial charge in [-0.05, 0) is 54.2 Å². The lowest BCUT2D eigenvalue weighted by Crippen LogP contribution is -2.17. The number of aromatic carboxylic acids is 1. The molecule has 196 valence electrons. The fourth-order valence-corrected chi connectivity index (χ4v) is 5.98. The molecule has 0 aliphatic heterocycles. The van der Waals surface area contributed by atoms with Gasteiger partial charge in [-0.25, -0.2) is 14.8 Å². The molecule has 1 aliphatic carbocycles. The molecule has 38 heavy (non-hydrogen) atoms. The molecule has 2 aromatic carbocycles. The van der Waals surface area contributed by atoms with Crippen LogP contribution in [0.15, 0.2) is 72.2 Å². The van der Waals surface area contributed by atoms with Crippen molar-refractivity contribution >= 4 is 28.8 Å². The van der Waals surface area contributed by atoms with E-state index in [0.29, 0.717) is 12.4 Å². The average Bonchev–Trinajstić information content (AvgIpc) is 3.42. The summed E-state index contributed by atoms with van der Waals surface area (Å²) in [5.74, 6) is 0.483. The Kier molecular flexibility index (Phi) is 8.03. The molecule has 1 fully saturated rings.